The summed E-state index contributed by atoms with van der Waals surface area (Å²) in [5, 5.41) is 12.1. The topological polar surface area (TPSA) is 88.0 Å². The van der Waals surface area contributed by atoms with Crippen LogP contribution >= 0.6 is 0 Å². The molecular formula is C13H14N4O2. The highest BCUT2D eigenvalue weighted by Gasteiger charge is 2.07. The van der Waals surface area contributed by atoms with E-state index in [1.54, 1.807) is 18.3 Å². The third-order valence-electron chi connectivity index (χ3n) is 2.58. The van der Waals surface area contributed by atoms with Gasteiger partial charge in [0.25, 0.3) is 0 Å². The molecule has 0 spiro atoms. The van der Waals surface area contributed by atoms with Gasteiger partial charge in [-0.1, -0.05) is 6.92 Å². The van der Waals surface area contributed by atoms with Crippen LogP contribution in [0, 0.1) is 0 Å². The normalized spacial score (nSPS) is 10.2. The summed E-state index contributed by atoms with van der Waals surface area (Å²) >= 11 is 0. The quantitative estimate of drug-likeness (QED) is 0.849. The first kappa shape index (κ1) is 12.9. The summed E-state index contributed by atoms with van der Waals surface area (Å²) in [5.74, 6) is -0.419. The molecule has 0 aliphatic carbocycles. The first-order valence-corrected chi connectivity index (χ1v) is 5.92. The van der Waals surface area contributed by atoms with Gasteiger partial charge in [0.05, 0.1) is 17.8 Å². The zero-order chi connectivity index (χ0) is 13.7. The number of hydrogen-bond acceptors (Lipinski definition) is 5. The lowest BCUT2D eigenvalue weighted by Crippen LogP contribution is -2.07. The van der Waals surface area contributed by atoms with Gasteiger partial charge in [0, 0.05) is 11.9 Å². The van der Waals surface area contributed by atoms with Crippen LogP contribution in [0.1, 0.15) is 28.7 Å². The van der Waals surface area contributed by atoms with E-state index in [0.29, 0.717) is 18.8 Å². The number of carboxylic acid groups (broad SMARTS) is 1. The van der Waals surface area contributed by atoms with Crippen LogP contribution in [0.5, 0.6) is 0 Å². The minimum Gasteiger partial charge on any atom is -0.478 e. The number of anilines is 1. The van der Waals surface area contributed by atoms with E-state index in [2.05, 4.69) is 20.3 Å². The standard InChI is InChI=1S/C13H14N4O2/c1-2-10-5-9(13(18)19)6-12(17-10)15-7-11-3-4-14-8-16-11/h3-6,8H,2,7H2,1H3,(H,15,17)(H,18,19). The zero-order valence-electron chi connectivity index (χ0n) is 10.5. The number of aromatic nitrogens is 3. The van der Waals surface area contributed by atoms with Gasteiger partial charge < -0.3 is 10.4 Å². The van der Waals surface area contributed by atoms with Crippen LogP contribution < -0.4 is 5.32 Å². The van der Waals surface area contributed by atoms with E-state index < -0.39 is 5.97 Å². The van der Waals surface area contributed by atoms with Gasteiger partial charge in [-0.25, -0.2) is 19.7 Å². The van der Waals surface area contributed by atoms with E-state index in [-0.39, 0.29) is 5.56 Å². The number of hydrogen-bond donors (Lipinski definition) is 2. The molecule has 0 atom stereocenters. The molecule has 0 radical (unpaired) electrons. The molecule has 0 saturated carbocycles. The van der Waals surface area contributed by atoms with Crippen molar-refractivity contribution in [3.05, 3.63) is 47.7 Å². The Bertz CT molecular complexity index is 572. The lowest BCUT2D eigenvalue weighted by molar-refractivity contribution is 0.0696. The molecule has 2 N–H and O–H groups in total. The number of pyridine rings is 1. The molecule has 0 saturated heterocycles. The van der Waals surface area contributed by atoms with Gasteiger partial charge in [0.1, 0.15) is 12.1 Å². The predicted octanol–water partition coefficient (Wildman–Crippen LogP) is 1.74. The molecular weight excluding hydrogens is 244 g/mol. The second-order valence-corrected chi connectivity index (χ2v) is 3.95. The van der Waals surface area contributed by atoms with Gasteiger partial charge in [-0.15, -0.1) is 0 Å². The van der Waals surface area contributed by atoms with Crippen LogP contribution in [0.4, 0.5) is 5.82 Å². The average Bonchev–Trinajstić information content (AvgIpc) is 2.45. The van der Waals surface area contributed by atoms with Crippen molar-refractivity contribution in [1.82, 2.24) is 15.0 Å². The molecule has 6 heteroatoms. The second kappa shape index (κ2) is 5.90. The van der Waals surface area contributed by atoms with Gasteiger partial charge >= 0.3 is 5.97 Å². The number of carbonyl (C=O) groups is 1. The van der Waals surface area contributed by atoms with Crippen molar-refractivity contribution in [3.8, 4) is 0 Å². The van der Waals surface area contributed by atoms with Crippen molar-refractivity contribution in [2.75, 3.05) is 5.32 Å². The second-order valence-electron chi connectivity index (χ2n) is 3.95. The highest BCUT2D eigenvalue weighted by molar-refractivity contribution is 5.88. The molecule has 0 aliphatic rings. The van der Waals surface area contributed by atoms with E-state index in [1.807, 2.05) is 6.92 Å². The Morgan fingerprint density at radius 1 is 1.37 bits per heavy atom. The number of rotatable bonds is 5. The molecule has 0 fully saturated rings. The van der Waals surface area contributed by atoms with Gasteiger partial charge in [-0.05, 0) is 24.6 Å². The summed E-state index contributed by atoms with van der Waals surface area (Å²) in [5.41, 5.74) is 1.79. The third-order valence-corrected chi connectivity index (χ3v) is 2.58. The minimum atomic E-state index is -0.956. The largest absolute Gasteiger partial charge is 0.478 e. The summed E-state index contributed by atoms with van der Waals surface area (Å²) in [6.07, 6.45) is 3.81. The van der Waals surface area contributed by atoms with Crippen LogP contribution in [-0.2, 0) is 13.0 Å². The Morgan fingerprint density at radius 3 is 2.84 bits per heavy atom. The van der Waals surface area contributed by atoms with Crippen molar-refractivity contribution in [2.45, 2.75) is 19.9 Å². The summed E-state index contributed by atoms with van der Waals surface area (Å²) in [6.45, 7) is 2.41. The lowest BCUT2D eigenvalue weighted by Gasteiger charge is -2.08. The average molecular weight is 258 g/mol. The molecule has 98 valence electrons. The molecule has 0 aromatic carbocycles. The van der Waals surface area contributed by atoms with E-state index in [1.165, 1.54) is 12.4 Å². The molecule has 0 bridgehead atoms. The van der Waals surface area contributed by atoms with Crippen molar-refractivity contribution < 1.29 is 9.90 Å². The van der Waals surface area contributed by atoms with Crippen molar-refractivity contribution in [3.63, 3.8) is 0 Å². The van der Waals surface area contributed by atoms with Gasteiger partial charge in [-0.2, -0.15) is 0 Å². The fourth-order valence-electron chi connectivity index (χ4n) is 1.59. The molecule has 2 aromatic rings. The first-order valence-electron chi connectivity index (χ1n) is 5.92. The van der Waals surface area contributed by atoms with Crippen LogP contribution in [0.15, 0.2) is 30.7 Å². The van der Waals surface area contributed by atoms with E-state index in [0.717, 1.165) is 11.4 Å². The maximum Gasteiger partial charge on any atom is 0.335 e. The maximum atomic E-state index is 11.0. The molecule has 0 aliphatic heterocycles. The van der Waals surface area contributed by atoms with E-state index >= 15 is 0 Å². The van der Waals surface area contributed by atoms with Crippen molar-refractivity contribution in [2.24, 2.45) is 0 Å². The van der Waals surface area contributed by atoms with Crippen LogP contribution in [0.25, 0.3) is 0 Å². The first-order chi connectivity index (χ1) is 9.19. The molecule has 0 amide bonds. The lowest BCUT2D eigenvalue weighted by atomic mass is 10.2. The number of aromatic carboxylic acids is 1. The molecule has 6 nitrogen and oxygen atoms in total. The van der Waals surface area contributed by atoms with Crippen LogP contribution in [0.2, 0.25) is 0 Å². The van der Waals surface area contributed by atoms with E-state index in [9.17, 15) is 4.79 Å². The van der Waals surface area contributed by atoms with Crippen LogP contribution in [-0.4, -0.2) is 26.0 Å². The highest BCUT2D eigenvalue weighted by atomic mass is 16.4. The van der Waals surface area contributed by atoms with Gasteiger partial charge in [0.2, 0.25) is 0 Å². The number of aryl methyl sites for hydroxylation is 1. The molecule has 2 rings (SSSR count). The molecule has 19 heavy (non-hydrogen) atoms. The summed E-state index contributed by atoms with van der Waals surface area (Å²) in [4.78, 5) is 23.3. The monoisotopic (exact) mass is 258 g/mol. The molecule has 0 unspecified atom stereocenters. The molecule has 2 heterocycles. The number of nitrogens with one attached hydrogen (secondary N) is 1. The Labute approximate surface area is 110 Å². The SMILES string of the molecule is CCc1cc(C(=O)O)cc(NCc2ccncn2)n1. The smallest absolute Gasteiger partial charge is 0.335 e. The zero-order valence-corrected chi connectivity index (χ0v) is 10.5. The Kier molecular flexibility index (Phi) is 4.02. The minimum absolute atomic E-state index is 0.233. The number of carboxylic acids is 1. The molecule has 2 aromatic heterocycles. The fraction of sp³-hybridized carbons (Fsp3) is 0.231. The summed E-state index contributed by atoms with van der Waals surface area (Å²) < 4.78 is 0. The maximum absolute atomic E-state index is 11.0. The van der Waals surface area contributed by atoms with Gasteiger partial charge in [-0.3, -0.25) is 0 Å². The van der Waals surface area contributed by atoms with Crippen LogP contribution in [0.3, 0.4) is 0 Å². The Hall–Kier alpha value is -2.50. The third kappa shape index (κ3) is 3.48. The van der Waals surface area contributed by atoms with Gasteiger partial charge in [0.15, 0.2) is 0 Å². The fourth-order valence-corrected chi connectivity index (χ4v) is 1.59. The Morgan fingerprint density at radius 2 is 2.21 bits per heavy atom. The number of nitrogens with zero attached hydrogens (tertiary/aromatic N) is 3. The van der Waals surface area contributed by atoms with E-state index in [4.69, 9.17) is 5.11 Å². The Balaban J connectivity index is 2.15. The summed E-state index contributed by atoms with van der Waals surface area (Å²) in [6, 6.07) is 4.88. The summed E-state index contributed by atoms with van der Waals surface area (Å²) in [7, 11) is 0. The van der Waals surface area contributed by atoms with Crippen molar-refractivity contribution >= 4 is 11.8 Å². The predicted molar refractivity (Wildman–Crippen MR) is 69.9 cm³/mol. The highest BCUT2D eigenvalue weighted by Crippen LogP contribution is 2.12. The van der Waals surface area contributed by atoms with Crippen molar-refractivity contribution in [1.29, 1.82) is 0 Å².